The maximum absolute atomic E-state index is 11.7. The summed E-state index contributed by atoms with van der Waals surface area (Å²) in [5, 5.41) is 14.8. The number of nitrogens with zero attached hydrogens (tertiary/aromatic N) is 3. The van der Waals surface area contributed by atoms with Gasteiger partial charge in [-0.05, 0) is 65.8 Å². The number of benzene rings is 5. The maximum Gasteiger partial charge on any atom is 0.307 e. The van der Waals surface area contributed by atoms with Gasteiger partial charge in [-0.3, -0.25) is 14.4 Å². The molecule has 0 fully saturated rings. The first kappa shape index (κ1) is 62.1. The fourth-order valence-electron chi connectivity index (χ4n) is 4.68. The van der Waals surface area contributed by atoms with Gasteiger partial charge in [0.05, 0.1) is 19.3 Å². The van der Waals surface area contributed by atoms with Crippen LogP contribution in [0, 0.1) is 0 Å². The molecule has 1 amide bonds. The van der Waals surface area contributed by atoms with E-state index in [-0.39, 0.29) is 46.7 Å². The van der Waals surface area contributed by atoms with Crippen molar-refractivity contribution in [3.05, 3.63) is 190 Å². The summed E-state index contributed by atoms with van der Waals surface area (Å²) in [7, 11) is -1.72. The van der Waals surface area contributed by atoms with Crippen molar-refractivity contribution in [1.82, 2.24) is 5.32 Å². The fourth-order valence-corrected chi connectivity index (χ4v) is 5.57. The van der Waals surface area contributed by atoms with E-state index >= 15 is 0 Å². The van der Waals surface area contributed by atoms with Gasteiger partial charge in [-0.15, -0.1) is 0 Å². The van der Waals surface area contributed by atoms with Gasteiger partial charge in [0, 0.05) is 18.0 Å². The summed E-state index contributed by atoms with van der Waals surface area (Å²) in [5.74, 6) is -0.821. The number of carbonyl (C=O) groups excluding carboxylic acids is 3. The summed E-state index contributed by atoms with van der Waals surface area (Å²) in [4.78, 5) is 45.5. The smallest absolute Gasteiger partial charge is 0.307 e. The van der Waals surface area contributed by atoms with Crippen LogP contribution in [0.3, 0.4) is 0 Å². The van der Waals surface area contributed by atoms with Gasteiger partial charge < -0.3 is 14.8 Å². The van der Waals surface area contributed by atoms with Crippen LogP contribution in [0.5, 0.6) is 0 Å². The number of rotatable bonds is 14. The molecule has 5 rings (SSSR count). The van der Waals surface area contributed by atoms with Crippen LogP contribution in [0.25, 0.3) is 10.4 Å². The topological polar surface area (TPSA) is 159 Å². The Morgan fingerprint density at radius 1 is 0.656 bits per heavy atom. The first-order valence-electron chi connectivity index (χ1n) is 19.0. The van der Waals surface area contributed by atoms with Crippen molar-refractivity contribution in [2.45, 2.75) is 80.2 Å². The summed E-state index contributed by atoms with van der Waals surface area (Å²) < 4.78 is 38.3. The molecule has 0 heterocycles. The monoisotopic (exact) mass is 918 g/mol. The SMILES string of the molecule is C.C.C.C[Si](C)(C)OC(=O)Cc1ccccc1.O=C(B=S)C(F)(F)F.O=C(Cc1ccccc1)NCCc1ccccc1.O=C(O)Cc1ccccc1.[N-]=[N+]=NCCc1ccccc1. The standard InChI is InChI=1S/C16H17NO.C11H16O2Si.C8H9N3.C8H8O2.C2BF3OS.3CH4/c18-16(13-15-9-5-2-6-10-15)17-12-11-14-7-3-1-4-8-14;1-14(2,3)13-11(12)9-10-7-5-4-6-8-10;9-11-10-7-6-8-4-2-1-3-5-8;9-8(10)6-7-4-2-1-3-5-7;4-2(5,6)1(7)3-8;;;/h1-10H,11-13H2,(H,17,18);4-8H,9H2,1-3H3;1-5H,6-7H2;1-5H,6H2,(H,9,10);;3*1H4. The van der Waals surface area contributed by atoms with Crippen LogP contribution in [0.2, 0.25) is 19.6 Å². The second-order valence-corrected chi connectivity index (χ2v) is 18.4. The zero-order chi connectivity index (χ0) is 45.4. The molecular weight excluding hydrogens is 857 g/mol. The molecule has 344 valence electrons. The van der Waals surface area contributed by atoms with Crippen LogP contribution in [-0.4, -0.2) is 62.4 Å². The van der Waals surface area contributed by atoms with Gasteiger partial charge in [0.1, 0.15) is 0 Å². The van der Waals surface area contributed by atoms with Crippen molar-refractivity contribution in [2.75, 3.05) is 13.1 Å². The Bertz CT molecular complexity index is 2060. The summed E-state index contributed by atoms with van der Waals surface area (Å²) in [6, 6.07) is 48.7. The molecule has 10 nitrogen and oxygen atoms in total. The van der Waals surface area contributed by atoms with E-state index in [4.69, 9.17) is 15.1 Å². The third kappa shape index (κ3) is 34.4. The first-order valence-corrected chi connectivity index (χ1v) is 22.9. The number of hydrogen-bond donors (Lipinski definition) is 2. The predicted octanol–water partition coefficient (Wildman–Crippen LogP) is 11.8. The average Bonchev–Trinajstić information content (AvgIpc) is 3.22. The summed E-state index contributed by atoms with van der Waals surface area (Å²) in [6.45, 7) is 7.26. The van der Waals surface area contributed by atoms with Gasteiger partial charge in [-0.25, -0.2) is 0 Å². The molecular formula is C48H62BF3N4O6SSi. The van der Waals surface area contributed by atoms with Crippen molar-refractivity contribution in [2.24, 2.45) is 5.11 Å². The average molecular weight is 919 g/mol. The number of halogens is 3. The minimum absolute atomic E-state index is 0. The van der Waals surface area contributed by atoms with E-state index in [1.165, 1.54) is 11.1 Å². The number of alkyl halides is 3. The molecule has 16 heteroatoms. The Labute approximate surface area is 384 Å². The molecule has 0 aromatic heterocycles. The number of amides is 1. The Hall–Kier alpha value is -6.22. The second-order valence-electron chi connectivity index (χ2n) is 13.7. The van der Waals surface area contributed by atoms with Gasteiger partial charge in [0.2, 0.25) is 14.2 Å². The van der Waals surface area contributed by atoms with Crippen LogP contribution < -0.4 is 5.32 Å². The second kappa shape index (κ2) is 36.3. The van der Waals surface area contributed by atoms with E-state index < -0.39 is 26.1 Å². The van der Waals surface area contributed by atoms with Crippen LogP contribution in [0.1, 0.15) is 50.1 Å². The molecule has 2 N–H and O–H groups in total. The van der Waals surface area contributed by atoms with Crippen LogP contribution >= 0.6 is 12.1 Å². The molecule has 0 saturated carbocycles. The molecule has 0 unspecified atom stereocenters. The van der Waals surface area contributed by atoms with Gasteiger partial charge in [0.25, 0.3) is 5.97 Å². The summed E-state index contributed by atoms with van der Waals surface area (Å²) >= 11 is 3.73. The van der Waals surface area contributed by atoms with Gasteiger partial charge in [-0.1, -0.05) is 179 Å². The van der Waals surface area contributed by atoms with Crippen molar-refractivity contribution in [1.29, 1.82) is 0 Å². The number of aliphatic carboxylic acids is 1. The van der Waals surface area contributed by atoms with E-state index in [2.05, 4.69) is 39.5 Å². The zero-order valence-electron chi connectivity index (χ0n) is 34.3. The van der Waals surface area contributed by atoms with E-state index in [0.717, 1.165) is 29.5 Å². The van der Waals surface area contributed by atoms with Crippen molar-refractivity contribution >= 4 is 50.1 Å². The molecule has 0 spiro atoms. The molecule has 0 aliphatic rings. The van der Waals surface area contributed by atoms with Crippen molar-refractivity contribution in [3.63, 3.8) is 0 Å². The molecule has 0 atom stereocenters. The number of hydrogen-bond acceptors (Lipinski definition) is 7. The molecule has 0 radical (unpaired) electrons. The zero-order valence-corrected chi connectivity index (χ0v) is 36.1. The van der Waals surface area contributed by atoms with Crippen LogP contribution in [-0.2, 0) is 55.7 Å². The van der Waals surface area contributed by atoms with Gasteiger partial charge in [0.15, 0.2) is 0 Å². The molecule has 0 saturated heterocycles. The molecule has 5 aromatic rings. The third-order valence-corrected chi connectivity index (χ3v) is 8.44. The van der Waals surface area contributed by atoms with E-state index in [1.54, 1.807) is 12.1 Å². The molecule has 64 heavy (non-hydrogen) atoms. The normalized spacial score (nSPS) is 9.47. The number of azide groups is 1. The van der Waals surface area contributed by atoms with E-state index in [9.17, 15) is 32.3 Å². The fraction of sp³-hybridized carbons (Fsp3) is 0.292. The summed E-state index contributed by atoms with van der Waals surface area (Å²) in [5.41, 5.74) is 11.4. The molecule has 0 bridgehead atoms. The van der Waals surface area contributed by atoms with Crippen LogP contribution in [0.4, 0.5) is 13.2 Å². The Balaban J connectivity index is -0.000000739. The van der Waals surface area contributed by atoms with Crippen molar-refractivity contribution in [3.8, 4) is 0 Å². The Morgan fingerprint density at radius 2 is 1.02 bits per heavy atom. The number of nitrogens with one attached hydrogen (secondary N) is 1. The minimum atomic E-state index is -4.79. The molecule has 5 aromatic carbocycles. The quantitative estimate of drug-likeness (QED) is 0.0485. The third-order valence-electron chi connectivity index (χ3n) is 7.39. The Morgan fingerprint density at radius 3 is 1.34 bits per heavy atom. The first-order chi connectivity index (χ1) is 29.0. The Kier molecular flexibility index (Phi) is 35.2. The molecule has 0 aliphatic carbocycles. The van der Waals surface area contributed by atoms with Crippen molar-refractivity contribution < 1.29 is 41.9 Å². The van der Waals surface area contributed by atoms with E-state index in [0.29, 0.717) is 25.9 Å². The number of carboxylic acid groups (broad SMARTS) is 1. The van der Waals surface area contributed by atoms with Gasteiger partial charge in [-0.2, -0.15) is 0 Å². The minimum Gasteiger partial charge on any atom is -0.481 e. The van der Waals surface area contributed by atoms with Crippen LogP contribution in [0.15, 0.2) is 157 Å². The number of carbonyl (C=O) groups is 4. The summed E-state index contributed by atoms with van der Waals surface area (Å²) in [6.07, 6.45) is -2.07. The predicted molar refractivity (Wildman–Crippen MR) is 259 cm³/mol. The number of carboxylic acids is 1. The van der Waals surface area contributed by atoms with E-state index in [1.807, 2.05) is 147 Å². The van der Waals surface area contributed by atoms with Gasteiger partial charge >= 0.3 is 54.0 Å². The molecule has 0 aliphatic heterocycles. The largest absolute Gasteiger partial charge is 0.481 e. The maximum atomic E-state index is 11.7.